The first-order valence-electron chi connectivity index (χ1n) is 18.7. The molecule has 0 aliphatic heterocycles. The maximum absolute atomic E-state index is 10.9. The normalized spacial score (nSPS) is 12.1. The van der Waals surface area contributed by atoms with Gasteiger partial charge in [0.1, 0.15) is 17.0 Å². The number of hydrogen-bond acceptors (Lipinski definition) is 9. The van der Waals surface area contributed by atoms with Crippen molar-refractivity contribution in [1.29, 1.82) is 0 Å². The lowest BCUT2D eigenvalue weighted by atomic mass is 10.1. The number of anilines is 1. The second-order valence-electron chi connectivity index (χ2n) is 13.8. The molecule has 1 unspecified atom stereocenters. The molecule has 0 aliphatic carbocycles. The second kappa shape index (κ2) is 24.5. The molecule has 0 amide bonds. The Kier molecular flexibility index (Phi) is 20.9. The fraction of sp³-hybridized carbons (Fsp3) is 0.605. The standard InChI is InChI=1S/C22H48N.C16H14N6O5S/c1-5-7-9-11-13-15-17-19-21-23(3,4)22-20-18-16-14-12-10-8-6-2;1-10-15(16(17)21(20-10)11-5-3-2-4-6-11)19-18-13-8-7-12(22(23)24)9-14(13)27-28(25)26/h5-22H2,1-4H3;2-9H,17H2,1H3,(H,25,26)/q+1;/p-1. The first kappa shape index (κ1) is 43.5. The Hall–Kier alpha value is -3.68. The van der Waals surface area contributed by atoms with Crippen LogP contribution in [0.25, 0.3) is 5.69 Å². The van der Waals surface area contributed by atoms with Crippen LogP contribution in [0.2, 0.25) is 0 Å². The largest absolute Gasteiger partial charge is 0.740 e. The van der Waals surface area contributed by atoms with Crippen LogP contribution >= 0.6 is 0 Å². The predicted molar refractivity (Wildman–Crippen MR) is 207 cm³/mol. The summed E-state index contributed by atoms with van der Waals surface area (Å²) in [6.45, 7) is 9.04. The summed E-state index contributed by atoms with van der Waals surface area (Å²) in [5, 5.41) is 23.1. The van der Waals surface area contributed by atoms with Crippen LogP contribution in [0.1, 0.15) is 122 Å². The number of rotatable bonds is 24. The molecule has 3 aromatic rings. The quantitative estimate of drug-likeness (QED) is 0.0240. The third-order valence-corrected chi connectivity index (χ3v) is 9.18. The molecule has 0 spiro atoms. The average molecular weight is 728 g/mol. The molecule has 0 radical (unpaired) electrons. The van der Waals surface area contributed by atoms with Gasteiger partial charge < -0.3 is 19.0 Å². The summed E-state index contributed by atoms with van der Waals surface area (Å²) in [5.74, 6) is -0.109. The van der Waals surface area contributed by atoms with E-state index in [0.717, 1.165) is 17.8 Å². The molecule has 0 fully saturated rings. The molecule has 0 aliphatic rings. The summed E-state index contributed by atoms with van der Waals surface area (Å²) in [5.41, 5.74) is 7.22. The number of non-ortho nitro benzene ring substituents is 1. The highest BCUT2D eigenvalue weighted by Gasteiger charge is 2.16. The molecule has 0 saturated heterocycles. The third kappa shape index (κ3) is 17.4. The molecule has 2 N–H and O–H groups in total. The van der Waals surface area contributed by atoms with Crippen molar-refractivity contribution in [2.75, 3.05) is 32.9 Å². The van der Waals surface area contributed by atoms with Crippen molar-refractivity contribution in [2.45, 2.75) is 124 Å². The van der Waals surface area contributed by atoms with Gasteiger partial charge in [0.15, 0.2) is 17.3 Å². The van der Waals surface area contributed by atoms with Crippen molar-refractivity contribution >= 4 is 34.2 Å². The van der Waals surface area contributed by atoms with Crippen LogP contribution in [0.3, 0.4) is 0 Å². The topological polar surface area (TPSA) is 161 Å². The van der Waals surface area contributed by atoms with E-state index >= 15 is 0 Å². The highest BCUT2D eigenvalue weighted by atomic mass is 32.2. The van der Waals surface area contributed by atoms with Crippen molar-refractivity contribution in [3.8, 4) is 11.4 Å². The number of aryl methyl sites for hydroxylation is 1. The lowest BCUT2D eigenvalue weighted by molar-refractivity contribution is -0.890. The zero-order chi connectivity index (χ0) is 37.5. The highest BCUT2D eigenvalue weighted by molar-refractivity contribution is 7.74. The van der Waals surface area contributed by atoms with E-state index in [-0.39, 0.29) is 28.6 Å². The fourth-order valence-corrected chi connectivity index (χ4v) is 6.11. The summed E-state index contributed by atoms with van der Waals surface area (Å²) in [6.07, 6.45) is 23.0. The van der Waals surface area contributed by atoms with Gasteiger partial charge in [-0.3, -0.25) is 10.1 Å². The van der Waals surface area contributed by atoms with Gasteiger partial charge in [-0.1, -0.05) is 109 Å². The minimum atomic E-state index is -2.94. The number of azo groups is 1. The summed E-state index contributed by atoms with van der Waals surface area (Å²) in [6, 6.07) is 12.5. The van der Waals surface area contributed by atoms with E-state index < -0.39 is 16.3 Å². The van der Waals surface area contributed by atoms with Gasteiger partial charge >= 0.3 is 0 Å². The number of unbranched alkanes of at least 4 members (excludes halogenated alkanes) is 14. The third-order valence-electron chi connectivity index (χ3n) is 8.87. The van der Waals surface area contributed by atoms with Crippen LogP contribution in [0.4, 0.5) is 22.9 Å². The molecule has 2 aromatic carbocycles. The van der Waals surface area contributed by atoms with Crippen molar-refractivity contribution in [2.24, 2.45) is 10.2 Å². The average Bonchev–Trinajstić information content (AvgIpc) is 3.39. The van der Waals surface area contributed by atoms with Crippen LogP contribution in [-0.4, -0.2) is 55.1 Å². The van der Waals surface area contributed by atoms with Gasteiger partial charge in [-0.15, -0.1) is 10.2 Å². The Morgan fingerprint density at radius 2 is 1.33 bits per heavy atom. The summed E-state index contributed by atoms with van der Waals surface area (Å²) >= 11 is -2.94. The fourth-order valence-electron chi connectivity index (χ4n) is 5.83. The number of nitrogens with zero attached hydrogens (tertiary/aromatic N) is 6. The number of para-hydroxylation sites is 1. The summed E-state index contributed by atoms with van der Waals surface area (Å²) < 4.78 is 29.0. The van der Waals surface area contributed by atoms with Gasteiger partial charge in [0, 0.05) is 6.07 Å². The van der Waals surface area contributed by atoms with Gasteiger partial charge in [0.25, 0.3) is 5.69 Å². The van der Waals surface area contributed by atoms with Crippen molar-refractivity contribution in [3.05, 3.63) is 64.3 Å². The number of aromatic nitrogens is 2. The molecular formula is C38H61N7O5S. The van der Waals surface area contributed by atoms with Crippen molar-refractivity contribution in [1.82, 2.24) is 9.78 Å². The van der Waals surface area contributed by atoms with Gasteiger partial charge in [0.05, 0.1) is 49.6 Å². The number of nitro benzene ring substituents is 1. The number of benzene rings is 2. The first-order valence-corrected chi connectivity index (χ1v) is 19.7. The van der Waals surface area contributed by atoms with Crippen LogP contribution in [-0.2, 0) is 11.4 Å². The zero-order valence-electron chi connectivity index (χ0n) is 31.6. The van der Waals surface area contributed by atoms with Crippen LogP contribution in [0.5, 0.6) is 5.75 Å². The monoisotopic (exact) mass is 727 g/mol. The molecular weight excluding hydrogens is 667 g/mol. The molecule has 12 nitrogen and oxygen atoms in total. The Balaban J connectivity index is 0.000000362. The minimum absolute atomic E-state index is 0.0268. The molecule has 0 bridgehead atoms. The highest BCUT2D eigenvalue weighted by Crippen LogP contribution is 2.35. The van der Waals surface area contributed by atoms with E-state index in [1.807, 2.05) is 30.3 Å². The van der Waals surface area contributed by atoms with E-state index in [4.69, 9.17) is 5.73 Å². The Labute approximate surface area is 308 Å². The van der Waals surface area contributed by atoms with Crippen LogP contribution < -0.4 is 9.92 Å². The number of nitrogens with two attached hydrogens (primary N) is 1. The van der Waals surface area contributed by atoms with Gasteiger partial charge in [0.2, 0.25) is 0 Å². The van der Waals surface area contributed by atoms with Crippen molar-refractivity contribution < 1.29 is 22.4 Å². The van der Waals surface area contributed by atoms with Crippen LogP contribution in [0.15, 0.2) is 58.8 Å². The lowest BCUT2D eigenvalue weighted by Crippen LogP contribution is -2.41. The van der Waals surface area contributed by atoms with E-state index in [1.165, 1.54) is 131 Å². The maximum atomic E-state index is 10.9. The van der Waals surface area contributed by atoms with Crippen LogP contribution in [0, 0.1) is 17.0 Å². The Morgan fingerprint density at radius 1 is 0.824 bits per heavy atom. The minimum Gasteiger partial charge on any atom is -0.740 e. The molecule has 1 atom stereocenters. The summed E-state index contributed by atoms with van der Waals surface area (Å²) in [7, 11) is 4.87. The molecule has 51 heavy (non-hydrogen) atoms. The van der Waals surface area contributed by atoms with Crippen molar-refractivity contribution in [3.63, 3.8) is 0 Å². The summed E-state index contributed by atoms with van der Waals surface area (Å²) in [4.78, 5) is 10.2. The van der Waals surface area contributed by atoms with Gasteiger partial charge in [-0.25, -0.2) is 8.89 Å². The number of hydrogen-bond donors (Lipinski definition) is 1. The Bertz CT molecular complexity index is 1460. The Morgan fingerprint density at radius 3 is 1.82 bits per heavy atom. The first-order chi connectivity index (χ1) is 24.5. The zero-order valence-corrected chi connectivity index (χ0v) is 32.4. The van der Waals surface area contributed by atoms with E-state index in [9.17, 15) is 18.9 Å². The molecule has 13 heteroatoms. The van der Waals surface area contributed by atoms with E-state index in [2.05, 4.69) is 47.5 Å². The number of nitrogen functional groups attached to an aromatic ring is 1. The smallest absolute Gasteiger partial charge is 0.273 e. The molecule has 1 aromatic heterocycles. The van der Waals surface area contributed by atoms with Gasteiger partial charge in [-0.2, -0.15) is 5.10 Å². The van der Waals surface area contributed by atoms with E-state index in [0.29, 0.717) is 5.69 Å². The number of quaternary nitrogens is 1. The second-order valence-corrected chi connectivity index (χ2v) is 14.4. The number of nitro groups is 1. The molecule has 0 saturated carbocycles. The van der Waals surface area contributed by atoms with E-state index in [1.54, 1.807) is 6.92 Å². The lowest BCUT2D eigenvalue weighted by Gasteiger charge is -2.30. The SMILES string of the molecule is CCCCCCCCCC[N+](C)(C)CCCCCCCCCC.Cc1nn(-c2ccccc2)c(N)c1N=Nc1ccc([N+](=O)[O-])cc1OS(=O)[O-]. The maximum Gasteiger partial charge on any atom is 0.273 e. The molecule has 3 rings (SSSR count). The predicted octanol–water partition coefficient (Wildman–Crippen LogP) is 10.6. The van der Waals surface area contributed by atoms with Gasteiger partial charge in [-0.05, 0) is 50.8 Å². The molecule has 1 heterocycles. The molecule has 284 valence electrons.